The van der Waals surface area contributed by atoms with Gasteiger partial charge in [-0.1, -0.05) is 27.7 Å². The molecule has 0 aromatic heterocycles. The summed E-state index contributed by atoms with van der Waals surface area (Å²) in [6.07, 6.45) is 1.69. The molecule has 3 N–H and O–H groups in total. The predicted molar refractivity (Wildman–Crippen MR) is 68.5 cm³/mol. The molecule has 1 aliphatic rings. The lowest BCUT2D eigenvalue weighted by Gasteiger charge is -2.45. The highest BCUT2D eigenvalue weighted by atomic mass is 16.3. The molecule has 3 atom stereocenters. The third-order valence-electron chi connectivity index (χ3n) is 3.61. The average Bonchev–Trinajstić information content (AvgIpc) is 2.25. The van der Waals surface area contributed by atoms with Crippen LogP contribution < -0.4 is 5.73 Å². The van der Waals surface area contributed by atoms with Crippen molar-refractivity contribution < 1.29 is 9.90 Å². The number of aliphatic hydroxyl groups excluding tert-OH is 1. The van der Waals surface area contributed by atoms with Gasteiger partial charge in [-0.2, -0.15) is 0 Å². The Labute approximate surface area is 104 Å². The maximum absolute atomic E-state index is 12.2. The molecule has 1 rings (SSSR count). The highest BCUT2D eigenvalue weighted by Crippen LogP contribution is 2.32. The summed E-state index contributed by atoms with van der Waals surface area (Å²) >= 11 is 0. The number of likely N-dealkylation sites (tertiary alicyclic amines) is 1. The maximum atomic E-state index is 12.2. The summed E-state index contributed by atoms with van der Waals surface area (Å²) in [5.74, 6) is 0.0272. The van der Waals surface area contributed by atoms with E-state index in [4.69, 9.17) is 5.73 Å². The summed E-state index contributed by atoms with van der Waals surface area (Å²) in [6.45, 7) is 8.86. The average molecular weight is 242 g/mol. The van der Waals surface area contributed by atoms with Crippen molar-refractivity contribution in [1.82, 2.24) is 4.90 Å². The predicted octanol–water partition coefficient (Wildman–Crippen LogP) is 1.12. The topological polar surface area (TPSA) is 66.6 Å². The molecule has 1 heterocycles. The Morgan fingerprint density at radius 3 is 2.59 bits per heavy atom. The first-order chi connectivity index (χ1) is 7.77. The number of aliphatic hydroxyl groups is 1. The van der Waals surface area contributed by atoms with Crippen molar-refractivity contribution in [2.45, 2.75) is 65.1 Å². The maximum Gasteiger partial charge on any atom is 0.239 e. The van der Waals surface area contributed by atoms with Gasteiger partial charge in [0.15, 0.2) is 0 Å². The molecule has 0 aromatic carbocycles. The summed E-state index contributed by atoms with van der Waals surface area (Å²) in [6, 6.07) is -0.327. The smallest absolute Gasteiger partial charge is 0.239 e. The van der Waals surface area contributed by atoms with Gasteiger partial charge in [-0.15, -0.1) is 0 Å². The van der Waals surface area contributed by atoms with Crippen LogP contribution in [-0.4, -0.2) is 40.6 Å². The van der Waals surface area contributed by atoms with Crippen LogP contribution in [0.15, 0.2) is 0 Å². The standard InChI is InChI=1S/C13H26N2O2/c1-5-10(14)12(17)15-7-6-9(16)8-11(15)13(2,3)4/h9-11,16H,5-8,14H2,1-4H3/t9-,10?,11?/m0/s1. The molecule has 2 unspecified atom stereocenters. The Kier molecular flexibility index (Phi) is 4.55. The normalized spacial score (nSPS) is 28.0. The van der Waals surface area contributed by atoms with E-state index < -0.39 is 6.04 Å². The number of nitrogens with two attached hydrogens (primary N) is 1. The zero-order valence-electron chi connectivity index (χ0n) is 11.4. The molecule has 1 amide bonds. The van der Waals surface area contributed by atoms with Crippen LogP contribution in [0.3, 0.4) is 0 Å². The molecule has 1 fully saturated rings. The lowest BCUT2D eigenvalue weighted by Crippen LogP contribution is -2.57. The molecule has 0 aromatic rings. The van der Waals surface area contributed by atoms with Gasteiger partial charge in [-0.05, 0) is 24.7 Å². The van der Waals surface area contributed by atoms with Crippen LogP contribution in [0.25, 0.3) is 0 Å². The van der Waals surface area contributed by atoms with Gasteiger partial charge in [-0.25, -0.2) is 0 Å². The molecule has 0 aliphatic carbocycles. The van der Waals surface area contributed by atoms with Gasteiger partial charge in [-0.3, -0.25) is 4.79 Å². The quantitative estimate of drug-likeness (QED) is 0.762. The molecule has 1 saturated heterocycles. The molecular weight excluding hydrogens is 216 g/mol. The lowest BCUT2D eigenvalue weighted by atomic mass is 9.79. The Balaban J connectivity index is 2.84. The Morgan fingerprint density at radius 1 is 1.53 bits per heavy atom. The van der Waals surface area contributed by atoms with Crippen molar-refractivity contribution in [2.75, 3.05) is 6.54 Å². The van der Waals surface area contributed by atoms with Crippen LogP contribution in [0.1, 0.15) is 47.0 Å². The number of carbonyl (C=O) groups excluding carboxylic acids is 1. The van der Waals surface area contributed by atoms with Crippen LogP contribution in [0.5, 0.6) is 0 Å². The summed E-state index contributed by atoms with van der Waals surface area (Å²) in [7, 11) is 0. The van der Waals surface area contributed by atoms with Crippen LogP contribution in [0, 0.1) is 5.41 Å². The van der Waals surface area contributed by atoms with E-state index in [9.17, 15) is 9.90 Å². The van der Waals surface area contributed by atoms with Gasteiger partial charge < -0.3 is 15.7 Å². The van der Waals surface area contributed by atoms with Crippen molar-refractivity contribution in [1.29, 1.82) is 0 Å². The van der Waals surface area contributed by atoms with E-state index in [2.05, 4.69) is 20.8 Å². The van der Waals surface area contributed by atoms with Crippen LogP contribution in [-0.2, 0) is 4.79 Å². The number of rotatable bonds is 2. The Hall–Kier alpha value is -0.610. The SMILES string of the molecule is CCC(N)C(=O)N1CC[C@H](O)CC1C(C)(C)C. The second kappa shape index (κ2) is 5.36. The zero-order chi connectivity index (χ0) is 13.2. The van der Waals surface area contributed by atoms with Crippen molar-refractivity contribution in [3.63, 3.8) is 0 Å². The highest BCUT2D eigenvalue weighted by Gasteiger charge is 2.38. The fourth-order valence-corrected chi connectivity index (χ4v) is 2.42. The van der Waals surface area contributed by atoms with E-state index in [0.29, 0.717) is 25.8 Å². The summed E-state index contributed by atoms with van der Waals surface area (Å²) < 4.78 is 0. The van der Waals surface area contributed by atoms with Gasteiger partial charge >= 0.3 is 0 Å². The highest BCUT2D eigenvalue weighted by molar-refractivity contribution is 5.82. The second-order valence-electron chi connectivity index (χ2n) is 6.11. The van der Waals surface area contributed by atoms with Crippen molar-refractivity contribution in [3.05, 3.63) is 0 Å². The third-order valence-corrected chi connectivity index (χ3v) is 3.61. The first kappa shape index (κ1) is 14.5. The number of amides is 1. The first-order valence-electron chi connectivity index (χ1n) is 6.51. The minimum absolute atomic E-state index is 0.0233. The Morgan fingerprint density at radius 2 is 2.12 bits per heavy atom. The zero-order valence-corrected chi connectivity index (χ0v) is 11.4. The molecule has 17 heavy (non-hydrogen) atoms. The number of piperidine rings is 1. The fraction of sp³-hybridized carbons (Fsp3) is 0.923. The molecule has 0 bridgehead atoms. The summed E-state index contributed by atoms with van der Waals surface area (Å²) in [5, 5.41) is 9.77. The van der Waals surface area contributed by atoms with Gasteiger partial charge in [0.2, 0.25) is 5.91 Å². The number of carbonyl (C=O) groups is 1. The Bertz CT molecular complexity index is 273. The number of nitrogens with zero attached hydrogens (tertiary/aromatic N) is 1. The largest absolute Gasteiger partial charge is 0.393 e. The minimum Gasteiger partial charge on any atom is -0.393 e. The van der Waals surface area contributed by atoms with E-state index in [1.807, 2.05) is 11.8 Å². The first-order valence-corrected chi connectivity index (χ1v) is 6.51. The molecule has 4 heteroatoms. The molecule has 0 radical (unpaired) electrons. The van der Waals surface area contributed by atoms with Crippen molar-refractivity contribution in [3.8, 4) is 0 Å². The van der Waals surface area contributed by atoms with E-state index in [-0.39, 0.29) is 23.5 Å². The van der Waals surface area contributed by atoms with E-state index in [0.717, 1.165) is 0 Å². The molecule has 4 nitrogen and oxygen atoms in total. The van der Waals surface area contributed by atoms with Gasteiger partial charge in [0, 0.05) is 12.6 Å². The van der Waals surface area contributed by atoms with Crippen LogP contribution in [0.2, 0.25) is 0 Å². The molecule has 1 aliphatic heterocycles. The fourth-order valence-electron chi connectivity index (χ4n) is 2.42. The lowest BCUT2D eigenvalue weighted by molar-refractivity contribution is -0.141. The van der Waals surface area contributed by atoms with E-state index in [1.165, 1.54) is 0 Å². The van der Waals surface area contributed by atoms with Crippen molar-refractivity contribution in [2.24, 2.45) is 11.1 Å². The molecule has 100 valence electrons. The number of hydrogen-bond donors (Lipinski definition) is 2. The van der Waals surface area contributed by atoms with Crippen LogP contribution in [0.4, 0.5) is 0 Å². The molecule has 0 spiro atoms. The van der Waals surface area contributed by atoms with Crippen molar-refractivity contribution >= 4 is 5.91 Å². The van der Waals surface area contributed by atoms with E-state index >= 15 is 0 Å². The van der Waals surface area contributed by atoms with E-state index in [1.54, 1.807) is 0 Å². The second-order valence-corrected chi connectivity index (χ2v) is 6.11. The summed E-state index contributed by atoms with van der Waals surface area (Å²) in [4.78, 5) is 14.1. The molecular formula is C13H26N2O2. The third kappa shape index (κ3) is 3.42. The van der Waals surface area contributed by atoms with Gasteiger partial charge in [0.25, 0.3) is 0 Å². The minimum atomic E-state index is -0.407. The van der Waals surface area contributed by atoms with Gasteiger partial charge in [0.05, 0.1) is 12.1 Å². The van der Waals surface area contributed by atoms with Gasteiger partial charge in [0.1, 0.15) is 0 Å². The number of hydrogen-bond acceptors (Lipinski definition) is 3. The molecule has 0 saturated carbocycles. The van der Waals surface area contributed by atoms with Crippen LogP contribution >= 0.6 is 0 Å². The monoisotopic (exact) mass is 242 g/mol. The summed E-state index contributed by atoms with van der Waals surface area (Å²) in [5.41, 5.74) is 5.81.